The molecular formula is C18H26N4O4S. The molecule has 9 heteroatoms. The second-order valence-electron chi connectivity index (χ2n) is 6.95. The molecule has 3 rings (SSSR count). The summed E-state index contributed by atoms with van der Waals surface area (Å²) in [5.41, 5.74) is 1.47. The van der Waals surface area contributed by atoms with Crippen molar-refractivity contribution in [3.8, 4) is 0 Å². The average Bonchev–Trinajstić information content (AvgIpc) is 2.97. The molecule has 0 amide bonds. The highest BCUT2D eigenvalue weighted by atomic mass is 32.2. The number of hydrogen-bond acceptors (Lipinski definition) is 5. The molecular weight excluding hydrogens is 368 g/mol. The molecule has 0 aliphatic carbocycles. The Hall–Kier alpha value is -1.97. The molecule has 1 aromatic heterocycles. The number of aliphatic carboxylic acids is 1. The van der Waals surface area contributed by atoms with Crippen LogP contribution in [0.5, 0.6) is 0 Å². The predicted octanol–water partition coefficient (Wildman–Crippen LogP) is 1.75. The largest absolute Gasteiger partial charge is 0.480 e. The Balaban J connectivity index is 1.94. The number of carbonyl (C=O) groups is 1. The SMILES string of the molecule is CCn1c(CN(C)CC(=O)O)nc2cc(S(=O)(=O)N3CCCCC3)ccc21. The molecule has 1 aromatic carbocycles. The predicted molar refractivity (Wildman–Crippen MR) is 102 cm³/mol. The summed E-state index contributed by atoms with van der Waals surface area (Å²) in [7, 11) is -1.78. The second-order valence-corrected chi connectivity index (χ2v) is 8.89. The van der Waals surface area contributed by atoms with Crippen molar-refractivity contribution in [2.75, 3.05) is 26.7 Å². The average molecular weight is 394 g/mol. The first kappa shape index (κ1) is 19.8. The molecule has 1 fully saturated rings. The van der Waals surface area contributed by atoms with E-state index in [1.807, 2.05) is 11.5 Å². The monoisotopic (exact) mass is 394 g/mol. The third-order valence-corrected chi connectivity index (χ3v) is 6.78. The lowest BCUT2D eigenvalue weighted by Crippen LogP contribution is -2.35. The van der Waals surface area contributed by atoms with Crippen LogP contribution in [0.3, 0.4) is 0 Å². The van der Waals surface area contributed by atoms with Gasteiger partial charge >= 0.3 is 5.97 Å². The van der Waals surface area contributed by atoms with Gasteiger partial charge in [-0.1, -0.05) is 6.42 Å². The normalized spacial score (nSPS) is 16.3. The number of carboxylic acids is 1. The van der Waals surface area contributed by atoms with Crippen LogP contribution in [0.2, 0.25) is 0 Å². The Kier molecular flexibility index (Phi) is 5.83. The van der Waals surface area contributed by atoms with Crippen LogP contribution < -0.4 is 0 Å². The molecule has 1 aliphatic heterocycles. The first-order valence-electron chi connectivity index (χ1n) is 9.22. The number of carboxylic acid groups (broad SMARTS) is 1. The van der Waals surface area contributed by atoms with E-state index in [1.165, 1.54) is 0 Å². The topological polar surface area (TPSA) is 95.7 Å². The van der Waals surface area contributed by atoms with Crippen molar-refractivity contribution in [1.82, 2.24) is 18.8 Å². The smallest absolute Gasteiger partial charge is 0.317 e. The highest BCUT2D eigenvalue weighted by Crippen LogP contribution is 2.25. The fraction of sp³-hybridized carbons (Fsp3) is 0.556. The quantitative estimate of drug-likeness (QED) is 0.769. The lowest BCUT2D eigenvalue weighted by molar-refractivity contribution is -0.138. The van der Waals surface area contributed by atoms with Gasteiger partial charge in [-0.2, -0.15) is 4.31 Å². The Morgan fingerprint density at radius 1 is 1.26 bits per heavy atom. The van der Waals surface area contributed by atoms with Crippen molar-refractivity contribution in [2.45, 2.75) is 44.2 Å². The number of aromatic nitrogens is 2. The maximum Gasteiger partial charge on any atom is 0.317 e. The van der Waals surface area contributed by atoms with E-state index in [0.717, 1.165) is 30.6 Å². The van der Waals surface area contributed by atoms with Gasteiger partial charge in [0.05, 0.1) is 29.0 Å². The molecule has 0 spiro atoms. The molecule has 0 bridgehead atoms. The number of fused-ring (bicyclic) bond motifs is 1. The highest BCUT2D eigenvalue weighted by molar-refractivity contribution is 7.89. The fourth-order valence-corrected chi connectivity index (χ4v) is 5.11. The third-order valence-electron chi connectivity index (χ3n) is 4.88. The van der Waals surface area contributed by atoms with Gasteiger partial charge < -0.3 is 9.67 Å². The summed E-state index contributed by atoms with van der Waals surface area (Å²) in [6.07, 6.45) is 2.86. The molecule has 27 heavy (non-hydrogen) atoms. The van der Waals surface area contributed by atoms with E-state index in [1.54, 1.807) is 34.5 Å². The summed E-state index contributed by atoms with van der Waals surface area (Å²) in [6, 6.07) is 5.07. The molecule has 0 atom stereocenters. The van der Waals surface area contributed by atoms with Crippen LogP contribution in [0.4, 0.5) is 0 Å². The number of sulfonamides is 1. The number of imidazole rings is 1. The van der Waals surface area contributed by atoms with Crippen LogP contribution in [0.1, 0.15) is 32.0 Å². The van der Waals surface area contributed by atoms with E-state index < -0.39 is 16.0 Å². The zero-order valence-corrected chi connectivity index (χ0v) is 16.6. The third kappa shape index (κ3) is 4.15. The second kappa shape index (κ2) is 7.95. The minimum absolute atomic E-state index is 0.0818. The molecule has 1 N–H and O–H groups in total. The summed E-state index contributed by atoms with van der Waals surface area (Å²) < 4.78 is 29.4. The molecule has 1 aliphatic rings. The highest BCUT2D eigenvalue weighted by Gasteiger charge is 2.26. The van der Waals surface area contributed by atoms with E-state index in [9.17, 15) is 13.2 Å². The molecule has 2 aromatic rings. The van der Waals surface area contributed by atoms with Gasteiger partial charge in [0, 0.05) is 19.6 Å². The Morgan fingerprint density at radius 2 is 1.96 bits per heavy atom. The van der Waals surface area contributed by atoms with Crippen LogP contribution >= 0.6 is 0 Å². The van der Waals surface area contributed by atoms with Crippen molar-refractivity contribution in [1.29, 1.82) is 0 Å². The number of piperidine rings is 1. The van der Waals surface area contributed by atoms with Gasteiger partial charge in [0.1, 0.15) is 5.82 Å². The number of nitrogens with zero attached hydrogens (tertiary/aromatic N) is 4. The van der Waals surface area contributed by atoms with Crippen molar-refractivity contribution >= 4 is 27.0 Å². The van der Waals surface area contributed by atoms with Crippen molar-refractivity contribution < 1.29 is 18.3 Å². The maximum atomic E-state index is 12.9. The van der Waals surface area contributed by atoms with Gasteiger partial charge in [-0.15, -0.1) is 0 Å². The fourth-order valence-electron chi connectivity index (χ4n) is 3.58. The van der Waals surface area contributed by atoms with Crippen molar-refractivity contribution in [3.63, 3.8) is 0 Å². The van der Waals surface area contributed by atoms with Crippen LogP contribution in [-0.2, 0) is 27.9 Å². The van der Waals surface area contributed by atoms with Crippen molar-refractivity contribution in [2.24, 2.45) is 0 Å². The minimum atomic E-state index is -3.51. The van der Waals surface area contributed by atoms with Crippen molar-refractivity contribution in [3.05, 3.63) is 24.0 Å². The van der Waals surface area contributed by atoms with E-state index in [0.29, 0.717) is 31.7 Å². The van der Waals surface area contributed by atoms with Gasteiger partial charge in [-0.3, -0.25) is 9.69 Å². The number of rotatable bonds is 7. The first-order chi connectivity index (χ1) is 12.8. The molecule has 1 saturated heterocycles. The summed E-state index contributed by atoms with van der Waals surface area (Å²) in [6.45, 7) is 4.08. The summed E-state index contributed by atoms with van der Waals surface area (Å²) in [4.78, 5) is 17.4. The summed E-state index contributed by atoms with van der Waals surface area (Å²) in [5, 5.41) is 8.94. The van der Waals surface area contributed by atoms with E-state index in [-0.39, 0.29) is 11.4 Å². The van der Waals surface area contributed by atoms with E-state index in [2.05, 4.69) is 4.98 Å². The molecule has 2 heterocycles. The van der Waals surface area contributed by atoms with E-state index in [4.69, 9.17) is 5.11 Å². The van der Waals surface area contributed by atoms with Gasteiger partial charge in [0.15, 0.2) is 0 Å². The van der Waals surface area contributed by atoms with E-state index >= 15 is 0 Å². The Bertz CT molecular complexity index is 932. The number of aryl methyl sites for hydroxylation is 1. The maximum absolute atomic E-state index is 12.9. The Morgan fingerprint density at radius 3 is 2.59 bits per heavy atom. The lowest BCUT2D eigenvalue weighted by Gasteiger charge is -2.25. The molecule has 8 nitrogen and oxygen atoms in total. The van der Waals surface area contributed by atoms with Crippen LogP contribution in [0, 0.1) is 0 Å². The minimum Gasteiger partial charge on any atom is -0.480 e. The zero-order valence-electron chi connectivity index (χ0n) is 15.8. The van der Waals surface area contributed by atoms with Crippen LogP contribution in [0.15, 0.2) is 23.1 Å². The molecule has 0 unspecified atom stereocenters. The van der Waals surface area contributed by atoms with Gasteiger partial charge in [0.25, 0.3) is 0 Å². The standard InChI is InChI=1S/C18H26N4O4S/c1-3-22-16-8-7-14(27(25,26)21-9-5-4-6-10-21)11-15(16)19-17(22)12-20(2)13-18(23)24/h7-8,11H,3-6,9-10,12-13H2,1-2H3,(H,23,24). The van der Waals surface area contributed by atoms with Crippen LogP contribution in [0.25, 0.3) is 11.0 Å². The van der Waals surface area contributed by atoms with Crippen LogP contribution in [-0.4, -0.2) is 64.9 Å². The van der Waals surface area contributed by atoms with Gasteiger partial charge in [-0.05, 0) is 45.0 Å². The van der Waals surface area contributed by atoms with Gasteiger partial charge in [0.2, 0.25) is 10.0 Å². The lowest BCUT2D eigenvalue weighted by atomic mass is 10.2. The first-order valence-corrected chi connectivity index (χ1v) is 10.7. The number of benzene rings is 1. The number of likely N-dealkylation sites (N-methyl/N-ethyl adjacent to an activating group) is 1. The Labute approximate surface area is 159 Å². The summed E-state index contributed by atoms with van der Waals surface area (Å²) >= 11 is 0. The zero-order chi connectivity index (χ0) is 19.6. The number of hydrogen-bond donors (Lipinski definition) is 1. The van der Waals surface area contributed by atoms with Gasteiger partial charge in [-0.25, -0.2) is 13.4 Å². The molecule has 0 radical (unpaired) electrons. The summed E-state index contributed by atoms with van der Waals surface area (Å²) in [5.74, 6) is -0.171. The molecule has 148 valence electrons. The molecule has 0 saturated carbocycles.